The number of carbonyl (C=O) groups is 1. The van der Waals surface area contributed by atoms with Crippen LogP contribution in [0.2, 0.25) is 0 Å². The molecular formula is C24H28N4O2S. The summed E-state index contributed by atoms with van der Waals surface area (Å²) < 4.78 is 6.04. The predicted octanol–water partition coefficient (Wildman–Crippen LogP) is 4.74. The predicted molar refractivity (Wildman–Crippen MR) is 124 cm³/mol. The summed E-state index contributed by atoms with van der Waals surface area (Å²) in [4.78, 5) is 25.9. The van der Waals surface area contributed by atoms with Crippen molar-refractivity contribution in [3.05, 3.63) is 52.2 Å². The average Bonchev–Trinajstić information content (AvgIpc) is 2.97. The number of likely N-dealkylation sites (tertiary alicyclic amines) is 1. The molecule has 1 saturated heterocycles. The number of thiophene rings is 1. The molecule has 0 radical (unpaired) electrons. The Morgan fingerprint density at radius 2 is 2.00 bits per heavy atom. The van der Waals surface area contributed by atoms with Gasteiger partial charge in [-0.1, -0.05) is 37.1 Å². The Labute approximate surface area is 186 Å². The normalized spacial score (nSPS) is 19.1. The molecule has 0 saturated carbocycles. The van der Waals surface area contributed by atoms with Crippen LogP contribution in [0.4, 0.5) is 5.82 Å². The Kier molecular flexibility index (Phi) is 5.87. The van der Waals surface area contributed by atoms with Crippen molar-refractivity contribution in [3.63, 3.8) is 0 Å². The maximum Gasteiger partial charge on any atom is 0.264 e. The van der Waals surface area contributed by atoms with Gasteiger partial charge in [-0.2, -0.15) is 0 Å². The number of ether oxygens (including phenoxy) is 1. The van der Waals surface area contributed by atoms with E-state index in [-0.39, 0.29) is 12.0 Å². The number of aryl methyl sites for hydroxylation is 1. The number of hydrogen-bond donors (Lipinski definition) is 1. The lowest BCUT2D eigenvalue weighted by Crippen LogP contribution is -2.31. The number of fused-ring (bicyclic) bond motifs is 2. The molecular weight excluding hydrogens is 408 g/mol. The van der Waals surface area contributed by atoms with Crippen LogP contribution in [0.1, 0.15) is 58.1 Å². The van der Waals surface area contributed by atoms with E-state index >= 15 is 0 Å². The van der Waals surface area contributed by atoms with E-state index < -0.39 is 0 Å². The van der Waals surface area contributed by atoms with E-state index in [1.807, 2.05) is 11.8 Å². The quantitative estimate of drug-likeness (QED) is 0.640. The molecule has 5 rings (SSSR count). The largest absolute Gasteiger partial charge is 0.371 e. The number of anilines is 1. The first-order valence-corrected chi connectivity index (χ1v) is 12.0. The molecule has 31 heavy (non-hydrogen) atoms. The number of nitrogens with zero attached hydrogens (tertiary/aromatic N) is 3. The molecule has 1 amide bonds. The zero-order chi connectivity index (χ0) is 21.2. The van der Waals surface area contributed by atoms with Crippen LogP contribution >= 0.6 is 11.3 Å². The Hall–Kier alpha value is -2.51. The molecule has 0 aliphatic carbocycles. The zero-order valence-electron chi connectivity index (χ0n) is 17.9. The fraction of sp³-hybridized carbons (Fsp3) is 0.458. The summed E-state index contributed by atoms with van der Waals surface area (Å²) in [6.07, 6.45) is 7.12. The van der Waals surface area contributed by atoms with Gasteiger partial charge in [0.05, 0.1) is 23.0 Å². The highest BCUT2D eigenvalue weighted by Crippen LogP contribution is 2.35. The second kappa shape index (κ2) is 8.93. The summed E-state index contributed by atoms with van der Waals surface area (Å²) in [6.45, 7) is 5.08. The van der Waals surface area contributed by atoms with E-state index in [1.54, 1.807) is 6.33 Å². The average molecular weight is 437 g/mol. The van der Waals surface area contributed by atoms with Gasteiger partial charge in [0.25, 0.3) is 5.91 Å². The number of nitrogens with one attached hydrogen (secondary N) is 1. The summed E-state index contributed by atoms with van der Waals surface area (Å²) in [5, 5.41) is 4.44. The third-order valence-corrected chi connectivity index (χ3v) is 7.55. The van der Waals surface area contributed by atoms with Crippen LogP contribution in [-0.4, -0.2) is 47.0 Å². The minimum atomic E-state index is -0.00731. The molecule has 1 N–H and O–H groups in total. The zero-order valence-corrected chi connectivity index (χ0v) is 18.7. The first-order chi connectivity index (χ1) is 15.2. The van der Waals surface area contributed by atoms with Crippen LogP contribution in [0.3, 0.4) is 0 Å². The fourth-order valence-corrected chi connectivity index (χ4v) is 5.78. The van der Waals surface area contributed by atoms with E-state index in [2.05, 4.69) is 39.6 Å². The van der Waals surface area contributed by atoms with Crippen molar-refractivity contribution in [3.8, 4) is 0 Å². The van der Waals surface area contributed by atoms with E-state index in [1.165, 1.54) is 35.3 Å². The van der Waals surface area contributed by atoms with Crippen molar-refractivity contribution in [2.75, 3.05) is 31.6 Å². The highest BCUT2D eigenvalue weighted by molar-refractivity contribution is 7.20. The van der Waals surface area contributed by atoms with Crippen molar-refractivity contribution in [2.24, 2.45) is 0 Å². The highest BCUT2D eigenvalue weighted by atomic mass is 32.1. The molecule has 6 nitrogen and oxygen atoms in total. The lowest BCUT2D eigenvalue weighted by Gasteiger charge is -2.26. The van der Waals surface area contributed by atoms with E-state index in [4.69, 9.17) is 4.74 Å². The van der Waals surface area contributed by atoms with Gasteiger partial charge >= 0.3 is 0 Å². The number of amides is 1. The minimum absolute atomic E-state index is 0.00731. The summed E-state index contributed by atoms with van der Waals surface area (Å²) in [7, 11) is 0. The second-order valence-electron chi connectivity index (χ2n) is 8.35. The van der Waals surface area contributed by atoms with E-state index in [0.29, 0.717) is 6.54 Å². The molecule has 4 heterocycles. The molecule has 2 aromatic heterocycles. The van der Waals surface area contributed by atoms with Crippen LogP contribution in [-0.2, 0) is 11.2 Å². The van der Waals surface area contributed by atoms with Crippen LogP contribution in [0.5, 0.6) is 0 Å². The molecule has 2 aliphatic rings. The van der Waals surface area contributed by atoms with Gasteiger partial charge in [-0.3, -0.25) is 4.79 Å². The standard InChI is InChI=1S/C24H28N4O2S/c1-16-20-22(25-14-19-18-9-5-4-8-17(18)10-13-30-19)26-15-27-23(20)31-21(16)24(29)28-11-6-2-3-7-12-28/h4-5,8-9,15,19H,2-3,6-7,10-14H2,1H3,(H,25,26,27). The van der Waals surface area contributed by atoms with Gasteiger partial charge < -0.3 is 15.0 Å². The Morgan fingerprint density at radius 3 is 2.84 bits per heavy atom. The molecule has 1 aromatic carbocycles. The molecule has 162 valence electrons. The van der Waals surface area contributed by atoms with Gasteiger partial charge in [0, 0.05) is 19.6 Å². The summed E-state index contributed by atoms with van der Waals surface area (Å²) in [5.74, 6) is 0.915. The van der Waals surface area contributed by atoms with Gasteiger partial charge in [0.1, 0.15) is 17.0 Å². The number of carbonyl (C=O) groups excluding carboxylic acids is 1. The maximum atomic E-state index is 13.2. The summed E-state index contributed by atoms with van der Waals surface area (Å²) >= 11 is 1.48. The van der Waals surface area contributed by atoms with Crippen molar-refractivity contribution < 1.29 is 9.53 Å². The molecule has 2 aliphatic heterocycles. The maximum absolute atomic E-state index is 13.2. The van der Waals surface area contributed by atoms with Crippen molar-refractivity contribution in [2.45, 2.75) is 45.1 Å². The molecule has 0 spiro atoms. The van der Waals surface area contributed by atoms with Gasteiger partial charge in [-0.25, -0.2) is 9.97 Å². The van der Waals surface area contributed by atoms with E-state index in [0.717, 1.165) is 65.4 Å². The monoisotopic (exact) mass is 436 g/mol. The number of rotatable bonds is 4. The van der Waals surface area contributed by atoms with Gasteiger partial charge in [-0.05, 0) is 42.9 Å². The Bertz CT molecular complexity index is 1090. The Balaban J connectivity index is 1.40. The number of benzene rings is 1. The van der Waals surface area contributed by atoms with Crippen LogP contribution < -0.4 is 5.32 Å². The van der Waals surface area contributed by atoms with Crippen LogP contribution in [0.25, 0.3) is 10.2 Å². The van der Waals surface area contributed by atoms with Gasteiger partial charge in [0.15, 0.2) is 0 Å². The lowest BCUT2D eigenvalue weighted by molar-refractivity contribution is 0.0513. The molecule has 1 unspecified atom stereocenters. The summed E-state index contributed by atoms with van der Waals surface area (Å²) in [6, 6.07) is 8.47. The fourth-order valence-electron chi connectivity index (χ4n) is 4.66. The van der Waals surface area contributed by atoms with Crippen molar-refractivity contribution in [1.82, 2.24) is 14.9 Å². The van der Waals surface area contributed by atoms with Gasteiger partial charge in [0.2, 0.25) is 0 Å². The third-order valence-electron chi connectivity index (χ3n) is 6.36. The molecule has 3 aromatic rings. The molecule has 1 fully saturated rings. The van der Waals surface area contributed by atoms with Crippen LogP contribution in [0.15, 0.2) is 30.6 Å². The van der Waals surface area contributed by atoms with Crippen LogP contribution in [0, 0.1) is 6.92 Å². The molecule has 1 atom stereocenters. The minimum Gasteiger partial charge on any atom is -0.371 e. The first kappa shape index (κ1) is 20.4. The lowest BCUT2D eigenvalue weighted by atomic mass is 9.97. The number of hydrogen-bond acceptors (Lipinski definition) is 6. The summed E-state index contributed by atoms with van der Waals surface area (Å²) in [5.41, 5.74) is 3.57. The smallest absolute Gasteiger partial charge is 0.264 e. The van der Waals surface area contributed by atoms with Crippen molar-refractivity contribution in [1.29, 1.82) is 0 Å². The third kappa shape index (κ3) is 4.04. The Morgan fingerprint density at radius 1 is 1.19 bits per heavy atom. The van der Waals surface area contributed by atoms with E-state index in [9.17, 15) is 4.79 Å². The molecule has 0 bridgehead atoms. The molecule has 7 heteroatoms. The van der Waals surface area contributed by atoms with Gasteiger partial charge in [-0.15, -0.1) is 11.3 Å². The first-order valence-electron chi connectivity index (χ1n) is 11.2. The number of aromatic nitrogens is 2. The SMILES string of the molecule is Cc1c(C(=O)N2CCCCCC2)sc2ncnc(NCC3OCCc4ccccc43)c12. The highest BCUT2D eigenvalue weighted by Gasteiger charge is 2.25. The van der Waals surface area contributed by atoms with Crippen molar-refractivity contribution >= 4 is 33.3 Å². The second-order valence-corrected chi connectivity index (χ2v) is 9.35. The topological polar surface area (TPSA) is 67.4 Å².